The van der Waals surface area contributed by atoms with Gasteiger partial charge in [-0.25, -0.2) is 15.0 Å². The van der Waals surface area contributed by atoms with E-state index in [1.807, 2.05) is 97.1 Å². The number of nitriles is 1. The zero-order chi connectivity index (χ0) is 41.3. The van der Waals surface area contributed by atoms with Crippen LogP contribution in [0.3, 0.4) is 0 Å². The number of nitrogens with zero attached hydrogens (tertiary/aromatic N) is 5. The maximum atomic E-state index is 9.67. The minimum Gasteiger partial charge on any atom is -0.310 e. The van der Waals surface area contributed by atoms with Crippen LogP contribution >= 0.6 is 0 Å². The van der Waals surface area contributed by atoms with Gasteiger partial charge in [-0.2, -0.15) is 5.26 Å². The van der Waals surface area contributed by atoms with Crippen LogP contribution in [0.4, 0.5) is 0 Å². The summed E-state index contributed by atoms with van der Waals surface area (Å²) in [7, 11) is 0. The molecule has 0 aliphatic heterocycles. The van der Waals surface area contributed by atoms with E-state index in [1.54, 1.807) is 6.08 Å². The Morgan fingerprint density at radius 3 is 1.93 bits per heavy atom. The Morgan fingerprint density at radius 2 is 1.23 bits per heavy atom. The number of hydrogen-bond acceptors (Lipinski definition) is 4. The first-order valence-electron chi connectivity index (χ1n) is 20.1. The maximum Gasteiger partial charge on any atom is 0.164 e. The van der Waals surface area contributed by atoms with Gasteiger partial charge in [-0.3, -0.25) is 0 Å². The van der Waals surface area contributed by atoms with Gasteiger partial charge in [-0.1, -0.05) is 165 Å². The molecule has 61 heavy (non-hydrogen) atoms. The first-order valence-corrected chi connectivity index (χ1v) is 20.1. The van der Waals surface area contributed by atoms with Crippen molar-refractivity contribution in [3.63, 3.8) is 0 Å². The molecule has 0 atom stereocenters. The topological polar surface area (TPSA) is 67.4 Å². The lowest BCUT2D eigenvalue weighted by Crippen LogP contribution is -2.00. The van der Waals surface area contributed by atoms with Gasteiger partial charge in [-0.05, 0) is 103 Å². The van der Waals surface area contributed by atoms with Crippen molar-refractivity contribution in [1.29, 1.82) is 5.26 Å². The summed E-state index contributed by atoms with van der Waals surface area (Å²) in [6.45, 7) is 7.99. The standard InChI is InChI=1S/C56H37N5/c1-3-5-6-13-18-52-58-55(43-14-9-7-10-15-43)60-56(59-52)50-32-28-42-26-30-48-47(29-25-41-27-31-49(50)54(42)53(41)48)40-23-21-39(22-24-40)38(4-2)34-46-35-44-20-19-37(36-57)33-51(44)61(46)45-16-11-8-12-17-45/h3-35H,1-2H2. The zero-order valence-corrected chi connectivity index (χ0v) is 33.2. The molecule has 0 fully saturated rings. The minimum absolute atomic E-state index is 0.580. The molecule has 0 aliphatic carbocycles. The molecule has 8 aromatic carbocycles. The lowest BCUT2D eigenvalue weighted by atomic mass is 9.88. The average Bonchev–Trinajstić information content (AvgIpc) is 3.69. The van der Waals surface area contributed by atoms with Crippen LogP contribution in [0.25, 0.3) is 101 Å². The molecular formula is C56H37N5. The lowest BCUT2D eigenvalue weighted by Gasteiger charge is -2.16. The number of allylic oxidation sites excluding steroid dienone is 6. The molecule has 286 valence electrons. The number of para-hydroxylation sites is 1. The molecular weight excluding hydrogens is 743 g/mol. The van der Waals surface area contributed by atoms with Gasteiger partial charge in [0.1, 0.15) is 0 Å². The Morgan fingerprint density at radius 1 is 0.574 bits per heavy atom. The largest absolute Gasteiger partial charge is 0.310 e. The molecule has 5 nitrogen and oxygen atoms in total. The van der Waals surface area contributed by atoms with Crippen molar-refractivity contribution >= 4 is 60.9 Å². The highest BCUT2D eigenvalue weighted by atomic mass is 15.0. The Kier molecular flexibility index (Phi) is 9.49. The first-order chi connectivity index (χ1) is 30.1. The van der Waals surface area contributed by atoms with Crippen LogP contribution in [0, 0.1) is 11.3 Å². The summed E-state index contributed by atoms with van der Waals surface area (Å²) < 4.78 is 2.20. The summed E-state index contributed by atoms with van der Waals surface area (Å²) in [4.78, 5) is 14.8. The van der Waals surface area contributed by atoms with Crippen LogP contribution < -0.4 is 0 Å². The molecule has 0 saturated carbocycles. The quantitative estimate of drug-likeness (QED) is 0.102. The molecule has 0 aliphatic rings. The summed E-state index contributed by atoms with van der Waals surface area (Å²) in [5.41, 5.74) is 9.85. The number of rotatable bonds is 10. The van der Waals surface area contributed by atoms with Crippen LogP contribution in [-0.2, 0) is 0 Å². The summed E-state index contributed by atoms with van der Waals surface area (Å²) in [5, 5.41) is 17.7. The van der Waals surface area contributed by atoms with Gasteiger partial charge < -0.3 is 4.57 Å². The number of benzene rings is 8. The Balaban J connectivity index is 1.06. The van der Waals surface area contributed by atoms with Crippen molar-refractivity contribution in [2.24, 2.45) is 0 Å². The summed E-state index contributed by atoms with van der Waals surface area (Å²) in [6.07, 6.45) is 13.4. The highest BCUT2D eigenvalue weighted by Gasteiger charge is 2.18. The molecule has 0 spiro atoms. The molecule has 0 radical (unpaired) electrons. The fourth-order valence-electron chi connectivity index (χ4n) is 8.36. The van der Waals surface area contributed by atoms with E-state index in [1.165, 1.54) is 21.5 Å². The Bertz CT molecular complexity index is 3440. The van der Waals surface area contributed by atoms with E-state index in [4.69, 9.17) is 15.0 Å². The molecule has 0 amide bonds. The van der Waals surface area contributed by atoms with E-state index in [-0.39, 0.29) is 0 Å². The van der Waals surface area contributed by atoms with Gasteiger partial charge >= 0.3 is 0 Å². The SMILES string of the molecule is C=CC=CC=Cc1nc(-c2ccccc2)nc(-c2ccc3ccc4c(-c5ccc(C(C=C)=Cc6cc7ccc(C#N)cc7n6-c6ccccc6)cc5)ccc5ccc2c3c54)n1. The van der Waals surface area contributed by atoms with Gasteiger partial charge in [0.2, 0.25) is 0 Å². The van der Waals surface area contributed by atoms with Crippen molar-refractivity contribution in [2.75, 3.05) is 0 Å². The Hall–Kier alpha value is -8.46. The zero-order valence-electron chi connectivity index (χ0n) is 33.2. The van der Waals surface area contributed by atoms with Gasteiger partial charge in [0, 0.05) is 27.9 Å². The van der Waals surface area contributed by atoms with E-state index in [2.05, 4.69) is 121 Å². The average molecular weight is 780 g/mol. The summed E-state index contributed by atoms with van der Waals surface area (Å²) in [5.74, 6) is 1.82. The Labute approximate surface area is 353 Å². The second-order valence-electron chi connectivity index (χ2n) is 14.8. The van der Waals surface area contributed by atoms with Crippen molar-refractivity contribution in [3.8, 4) is 45.7 Å². The minimum atomic E-state index is 0.580. The van der Waals surface area contributed by atoms with Gasteiger partial charge in [0.15, 0.2) is 17.5 Å². The molecule has 2 heterocycles. The molecule has 5 heteroatoms. The molecule has 10 rings (SSSR count). The number of aromatic nitrogens is 4. The summed E-state index contributed by atoms with van der Waals surface area (Å²) in [6, 6.07) is 57.0. The molecule has 0 N–H and O–H groups in total. The molecule has 2 aromatic heterocycles. The fraction of sp³-hybridized carbons (Fsp3) is 0. The first kappa shape index (κ1) is 36.9. The van der Waals surface area contributed by atoms with Crippen LogP contribution in [0.15, 0.2) is 201 Å². The fourth-order valence-corrected chi connectivity index (χ4v) is 8.36. The second-order valence-corrected chi connectivity index (χ2v) is 14.8. The molecule has 0 bridgehead atoms. The monoisotopic (exact) mass is 779 g/mol. The number of fused-ring (bicyclic) bond motifs is 1. The third-order valence-corrected chi connectivity index (χ3v) is 11.2. The summed E-state index contributed by atoms with van der Waals surface area (Å²) >= 11 is 0. The van der Waals surface area contributed by atoms with Crippen LogP contribution in [0.5, 0.6) is 0 Å². The van der Waals surface area contributed by atoms with E-state index in [0.29, 0.717) is 23.0 Å². The van der Waals surface area contributed by atoms with Gasteiger partial charge in [0.25, 0.3) is 0 Å². The highest BCUT2D eigenvalue weighted by molar-refractivity contribution is 6.27. The maximum absolute atomic E-state index is 9.67. The molecule has 0 saturated heterocycles. The highest BCUT2D eigenvalue weighted by Crippen LogP contribution is 2.42. The van der Waals surface area contributed by atoms with E-state index < -0.39 is 0 Å². The van der Waals surface area contributed by atoms with Gasteiger partial charge in [0.05, 0.1) is 17.1 Å². The van der Waals surface area contributed by atoms with Crippen molar-refractivity contribution < 1.29 is 0 Å². The van der Waals surface area contributed by atoms with Crippen molar-refractivity contribution in [2.45, 2.75) is 0 Å². The third kappa shape index (κ3) is 6.78. The third-order valence-electron chi connectivity index (χ3n) is 11.2. The van der Waals surface area contributed by atoms with E-state index >= 15 is 0 Å². The smallest absolute Gasteiger partial charge is 0.164 e. The van der Waals surface area contributed by atoms with Gasteiger partial charge in [-0.15, -0.1) is 0 Å². The van der Waals surface area contributed by atoms with Crippen LogP contribution in [0.1, 0.15) is 22.6 Å². The number of hydrogen-bond donors (Lipinski definition) is 0. The molecule has 10 aromatic rings. The van der Waals surface area contributed by atoms with Crippen molar-refractivity contribution in [3.05, 3.63) is 224 Å². The predicted octanol–water partition coefficient (Wildman–Crippen LogP) is 14.1. The van der Waals surface area contributed by atoms with Crippen LogP contribution in [0.2, 0.25) is 0 Å². The lowest BCUT2D eigenvalue weighted by molar-refractivity contribution is 1.05. The van der Waals surface area contributed by atoms with E-state index in [0.717, 1.165) is 66.4 Å². The van der Waals surface area contributed by atoms with Crippen molar-refractivity contribution in [1.82, 2.24) is 19.5 Å². The predicted molar refractivity (Wildman–Crippen MR) is 254 cm³/mol. The normalized spacial score (nSPS) is 12.0. The van der Waals surface area contributed by atoms with Crippen LogP contribution in [-0.4, -0.2) is 19.5 Å². The molecule has 0 unspecified atom stereocenters. The second kappa shape index (κ2) is 15.7. The van der Waals surface area contributed by atoms with E-state index in [9.17, 15) is 5.26 Å².